The van der Waals surface area contributed by atoms with Crippen LogP contribution >= 0.6 is 0 Å². The van der Waals surface area contributed by atoms with Crippen molar-refractivity contribution in [2.24, 2.45) is 0 Å². The first kappa shape index (κ1) is 27.3. The number of methoxy groups -OCH3 is 2. The van der Waals surface area contributed by atoms with E-state index in [2.05, 4.69) is 0 Å². The monoisotopic (exact) mass is 495 g/mol. The molecule has 1 aliphatic rings. The summed E-state index contributed by atoms with van der Waals surface area (Å²) in [5, 5.41) is 11.5. The molecule has 0 radical (unpaired) electrons. The largest absolute Gasteiger partial charge is 0.507 e. The van der Waals surface area contributed by atoms with Crippen LogP contribution in [0.1, 0.15) is 67.8 Å². The third-order valence-electron chi connectivity index (χ3n) is 6.41. The maximum Gasteiger partial charge on any atom is 0.295 e. The van der Waals surface area contributed by atoms with Gasteiger partial charge in [0.15, 0.2) is 0 Å². The van der Waals surface area contributed by atoms with Gasteiger partial charge in [-0.05, 0) is 66.6 Å². The van der Waals surface area contributed by atoms with Crippen molar-refractivity contribution in [3.63, 3.8) is 0 Å². The number of carbonyl (C=O) groups excluding carboxylic acids is 2. The average Bonchev–Trinajstić information content (AvgIpc) is 3.12. The highest BCUT2D eigenvalue weighted by molar-refractivity contribution is 6.46. The summed E-state index contributed by atoms with van der Waals surface area (Å²) in [6.45, 7) is 9.34. The van der Waals surface area contributed by atoms with Crippen molar-refractivity contribution in [3.05, 3.63) is 64.2 Å². The third kappa shape index (κ3) is 5.57. The molecule has 1 aliphatic heterocycles. The number of ether oxygens (including phenoxy) is 3. The fraction of sp³-hybridized carbons (Fsp3) is 0.448. The van der Waals surface area contributed by atoms with E-state index in [0.29, 0.717) is 37.5 Å². The van der Waals surface area contributed by atoms with Crippen molar-refractivity contribution < 1.29 is 28.9 Å². The minimum Gasteiger partial charge on any atom is -0.507 e. The van der Waals surface area contributed by atoms with E-state index in [4.69, 9.17) is 14.2 Å². The molecule has 36 heavy (non-hydrogen) atoms. The minimum absolute atomic E-state index is 0.0858. The molecule has 2 aromatic carbocycles. The highest BCUT2D eigenvalue weighted by Gasteiger charge is 2.46. The number of aliphatic hydroxyl groups excluding tert-OH is 1. The molecule has 7 nitrogen and oxygen atoms in total. The summed E-state index contributed by atoms with van der Waals surface area (Å²) < 4.78 is 16.4. The van der Waals surface area contributed by atoms with Crippen molar-refractivity contribution in [1.29, 1.82) is 0 Å². The molecule has 1 atom stereocenters. The van der Waals surface area contributed by atoms with Crippen LogP contribution < -0.4 is 9.47 Å². The molecular formula is C29H37NO6. The normalized spacial score (nSPS) is 17.2. The maximum absolute atomic E-state index is 13.3. The van der Waals surface area contributed by atoms with E-state index in [1.54, 1.807) is 14.2 Å². The molecule has 0 saturated carbocycles. The first-order chi connectivity index (χ1) is 17.2. The molecule has 1 amide bonds. The summed E-state index contributed by atoms with van der Waals surface area (Å²) in [6.07, 6.45) is 1.46. The van der Waals surface area contributed by atoms with E-state index in [1.807, 2.05) is 64.1 Å². The van der Waals surface area contributed by atoms with Crippen LogP contribution in [0, 0.1) is 6.92 Å². The van der Waals surface area contributed by atoms with E-state index in [1.165, 1.54) is 4.90 Å². The Morgan fingerprint density at radius 1 is 1.08 bits per heavy atom. The average molecular weight is 496 g/mol. The molecule has 7 heteroatoms. The van der Waals surface area contributed by atoms with Crippen molar-refractivity contribution >= 4 is 17.4 Å². The topological polar surface area (TPSA) is 85.3 Å². The molecule has 3 rings (SSSR count). The highest BCUT2D eigenvalue weighted by atomic mass is 16.5. The van der Waals surface area contributed by atoms with Crippen molar-refractivity contribution in [1.82, 2.24) is 4.90 Å². The number of carbonyl (C=O) groups is 2. The van der Waals surface area contributed by atoms with Crippen LogP contribution in [0.15, 0.2) is 42.0 Å². The number of aliphatic hydroxyl groups is 1. The highest BCUT2D eigenvalue weighted by Crippen LogP contribution is 2.41. The second-order valence-corrected chi connectivity index (χ2v) is 9.32. The summed E-state index contributed by atoms with van der Waals surface area (Å²) in [7, 11) is 3.21. The van der Waals surface area contributed by atoms with Crippen LogP contribution in [0.4, 0.5) is 0 Å². The quantitative estimate of drug-likeness (QED) is 0.195. The van der Waals surface area contributed by atoms with E-state index in [9.17, 15) is 14.7 Å². The lowest BCUT2D eigenvalue weighted by Crippen LogP contribution is -2.31. The van der Waals surface area contributed by atoms with Gasteiger partial charge in [0.1, 0.15) is 17.3 Å². The summed E-state index contributed by atoms with van der Waals surface area (Å²) in [6, 6.07) is 10.3. The number of amides is 1. The Balaban J connectivity index is 2.16. The van der Waals surface area contributed by atoms with Gasteiger partial charge in [0.05, 0.1) is 25.3 Å². The molecule has 0 bridgehead atoms. The van der Waals surface area contributed by atoms with Gasteiger partial charge in [-0.15, -0.1) is 0 Å². The second kappa shape index (κ2) is 12.1. The van der Waals surface area contributed by atoms with Gasteiger partial charge in [0.25, 0.3) is 11.7 Å². The molecule has 0 aromatic heterocycles. The standard InChI is InChI=1S/C29H37NO6/c1-7-14-36-21-11-9-20(10-12-21)26-25(28(32)29(33)30(26)13-8-15-34-5)27(31)23-17-22(18(2)3)24(35-6)16-19(23)4/h9-12,16-18,26,31H,7-8,13-15H2,1-6H3/b27-25+. The molecule has 194 valence electrons. The lowest BCUT2D eigenvalue weighted by Gasteiger charge is -2.26. The smallest absolute Gasteiger partial charge is 0.295 e. The summed E-state index contributed by atoms with van der Waals surface area (Å²) in [5.41, 5.74) is 2.99. The van der Waals surface area contributed by atoms with Gasteiger partial charge < -0.3 is 24.2 Å². The minimum atomic E-state index is -0.717. The predicted molar refractivity (Wildman–Crippen MR) is 140 cm³/mol. The Morgan fingerprint density at radius 3 is 2.36 bits per heavy atom. The van der Waals surface area contributed by atoms with Gasteiger partial charge >= 0.3 is 0 Å². The van der Waals surface area contributed by atoms with Gasteiger partial charge in [-0.3, -0.25) is 9.59 Å². The number of ketones is 1. The van der Waals surface area contributed by atoms with Crippen LogP contribution in [0.2, 0.25) is 0 Å². The number of hydrogen-bond donors (Lipinski definition) is 1. The lowest BCUT2D eigenvalue weighted by atomic mass is 9.91. The Morgan fingerprint density at radius 2 is 1.78 bits per heavy atom. The van der Waals surface area contributed by atoms with Crippen molar-refractivity contribution in [2.75, 3.05) is 34.0 Å². The van der Waals surface area contributed by atoms with Gasteiger partial charge in [-0.25, -0.2) is 0 Å². The van der Waals surface area contributed by atoms with Crippen LogP contribution in [-0.4, -0.2) is 55.7 Å². The number of rotatable bonds is 11. The Bertz CT molecular complexity index is 1120. The molecule has 1 saturated heterocycles. The number of likely N-dealkylation sites (tertiary alicyclic amines) is 1. The molecule has 2 aromatic rings. The maximum atomic E-state index is 13.3. The van der Waals surface area contributed by atoms with Crippen molar-refractivity contribution in [3.8, 4) is 11.5 Å². The van der Waals surface area contributed by atoms with Gasteiger partial charge in [-0.2, -0.15) is 0 Å². The van der Waals surface area contributed by atoms with E-state index in [0.717, 1.165) is 28.9 Å². The van der Waals surface area contributed by atoms with E-state index < -0.39 is 17.7 Å². The fourth-order valence-electron chi connectivity index (χ4n) is 4.53. The molecule has 0 aliphatic carbocycles. The molecule has 1 fully saturated rings. The number of aryl methyl sites for hydroxylation is 1. The summed E-state index contributed by atoms with van der Waals surface area (Å²) >= 11 is 0. The number of nitrogens with zero attached hydrogens (tertiary/aromatic N) is 1. The number of benzene rings is 2. The third-order valence-corrected chi connectivity index (χ3v) is 6.41. The van der Waals surface area contributed by atoms with Crippen LogP contribution in [0.3, 0.4) is 0 Å². The molecule has 0 spiro atoms. The zero-order valence-corrected chi connectivity index (χ0v) is 22.1. The van der Waals surface area contributed by atoms with E-state index >= 15 is 0 Å². The zero-order valence-electron chi connectivity index (χ0n) is 22.1. The molecule has 1 heterocycles. The SMILES string of the molecule is CCCOc1ccc(C2/C(=C(\O)c3cc(C(C)C)c(OC)cc3C)C(=O)C(=O)N2CCCOC)cc1. The fourth-order valence-corrected chi connectivity index (χ4v) is 4.53. The Hall–Kier alpha value is -3.32. The van der Waals surface area contributed by atoms with Gasteiger partial charge in [0, 0.05) is 25.8 Å². The van der Waals surface area contributed by atoms with Crippen LogP contribution in [0.5, 0.6) is 11.5 Å². The number of hydrogen-bond acceptors (Lipinski definition) is 6. The first-order valence-electron chi connectivity index (χ1n) is 12.4. The predicted octanol–water partition coefficient (Wildman–Crippen LogP) is 5.37. The summed E-state index contributed by atoms with van der Waals surface area (Å²) in [4.78, 5) is 28.0. The molecule has 1 N–H and O–H groups in total. The van der Waals surface area contributed by atoms with Crippen LogP contribution in [0.25, 0.3) is 5.76 Å². The van der Waals surface area contributed by atoms with Crippen LogP contribution in [-0.2, 0) is 14.3 Å². The van der Waals surface area contributed by atoms with Gasteiger partial charge in [0.2, 0.25) is 0 Å². The molecule has 1 unspecified atom stereocenters. The first-order valence-corrected chi connectivity index (χ1v) is 12.4. The summed E-state index contributed by atoms with van der Waals surface area (Å²) in [5.74, 6) is 0.0699. The number of Topliss-reactive ketones (excluding diaryl/α,β-unsaturated/α-hetero) is 1. The Labute approximate surface area is 213 Å². The Kier molecular flexibility index (Phi) is 9.15. The second-order valence-electron chi connectivity index (χ2n) is 9.32. The van der Waals surface area contributed by atoms with Crippen molar-refractivity contribution in [2.45, 2.75) is 52.5 Å². The molecular weight excluding hydrogens is 458 g/mol. The zero-order chi connectivity index (χ0) is 26.4. The van der Waals surface area contributed by atoms with E-state index in [-0.39, 0.29) is 17.3 Å². The van der Waals surface area contributed by atoms with Gasteiger partial charge in [-0.1, -0.05) is 32.9 Å². The lowest BCUT2D eigenvalue weighted by molar-refractivity contribution is -0.140.